The molecule has 1 heterocycles. The topological polar surface area (TPSA) is 32.7 Å². The van der Waals surface area contributed by atoms with Crippen LogP contribution in [0, 0.1) is 0 Å². The molecule has 3 nitrogen and oxygen atoms in total. The molecule has 22 heavy (non-hydrogen) atoms. The van der Waals surface area contributed by atoms with Gasteiger partial charge in [0.1, 0.15) is 0 Å². The molecule has 0 radical (unpaired) electrons. The van der Waals surface area contributed by atoms with Crippen LogP contribution in [0.2, 0.25) is 5.02 Å². The van der Waals surface area contributed by atoms with Crippen LogP contribution in [-0.2, 0) is 10.3 Å². The predicted octanol–water partition coefficient (Wildman–Crippen LogP) is 4.25. The largest absolute Gasteiger partial charge is 0.306 e. The van der Waals surface area contributed by atoms with Gasteiger partial charge in [0.05, 0.1) is 5.54 Å². The Kier molecular flexibility index (Phi) is 4.67. The molecule has 1 saturated carbocycles. The highest BCUT2D eigenvalue weighted by molar-refractivity contribution is 6.31. The second-order valence-electron chi connectivity index (χ2n) is 6.76. The van der Waals surface area contributed by atoms with E-state index in [9.17, 15) is 4.79 Å². The molecule has 1 aromatic rings. The first-order valence-electron chi connectivity index (χ1n) is 8.22. The number of hydrogen-bond donors (Lipinski definition) is 0. The summed E-state index contributed by atoms with van der Waals surface area (Å²) >= 11 is 6.59. The number of likely N-dealkylation sites (tertiary alicyclic amines) is 1. The van der Waals surface area contributed by atoms with Crippen LogP contribution in [0.15, 0.2) is 23.2 Å². The van der Waals surface area contributed by atoms with Gasteiger partial charge in [-0.15, -0.1) is 0 Å². The van der Waals surface area contributed by atoms with E-state index in [1.807, 2.05) is 6.07 Å². The van der Waals surface area contributed by atoms with Crippen molar-refractivity contribution in [2.45, 2.75) is 50.0 Å². The molecule has 2 fully saturated rings. The normalized spacial score (nSPS) is 22.5. The van der Waals surface area contributed by atoms with Crippen LogP contribution in [-0.4, -0.2) is 31.1 Å². The fourth-order valence-electron chi connectivity index (χ4n) is 3.98. The van der Waals surface area contributed by atoms with E-state index in [-0.39, 0.29) is 5.54 Å². The molecule has 3 rings (SSSR count). The van der Waals surface area contributed by atoms with Gasteiger partial charge in [0.25, 0.3) is 0 Å². The van der Waals surface area contributed by atoms with Gasteiger partial charge in [-0.3, -0.25) is 0 Å². The number of halogens is 1. The van der Waals surface area contributed by atoms with Gasteiger partial charge in [-0.1, -0.05) is 36.6 Å². The van der Waals surface area contributed by atoms with E-state index in [0.29, 0.717) is 5.92 Å². The molecule has 2 aliphatic rings. The maximum absolute atomic E-state index is 10.8. The highest BCUT2D eigenvalue weighted by atomic mass is 35.5. The molecule has 0 spiro atoms. The fraction of sp³-hybridized carbons (Fsp3) is 0.611. The van der Waals surface area contributed by atoms with Crippen LogP contribution < -0.4 is 0 Å². The molecule has 1 aromatic carbocycles. The Morgan fingerprint density at radius 1 is 1.27 bits per heavy atom. The summed E-state index contributed by atoms with van der Waals surface area (Å²) in [5.74, 6) is 0.548. The van der Waals surface area contributed by atoms with Gasteiger partial charge in [-0.25, -0.2) is 4.79 Å². The van der Waals surface area contributed by atoms with Crippen molar-refractivity contribution in [3.63, 3.8) is 0 Å². The number of nitrogens with zero attached hydrogens (tertiary/aromatic N) is 2. The van der Waals surface area contributed by atoms with Gasteiger partial charge in [0.2, 0.25) is 6.08 Å². The predicted molar refractivity (Wildman–Crippen MR) is 89.2 cm³/mol. The van der Waals surface area contributed by atoms with Gasteiger partial charge in [-0.05, 0) is 68.9 Å². The molecule has 1 aliphatic heterocycles. The Morgan fingerprint density at radius 3 is 2.55 bits per heavy atom. The zero-order valence-corrected chi connectivity index (χ0v) is 13.9. The summed E-state index contributed by atoms with van der Waals surface area (Å²) in [6.07, 6.45) is 8.16. The van der Waals surface area contributed by atoms with Crippen LogP contribution in [0.25, 0.3) is 0 Å². The SMILES string of the molecule is CN1CCC(c2ccc(C3(N=C=O)CCCC3)cc2Cl)CC1. The average Bonchev–Trinajstić information content (AvgIpc) is 2.98. The van der Waals surface area contributed by atoms with Crippen LogP contribution in [0.1, 0.15) is 55.6 Å². The van der Waals surface area contributed by atoms with Crippen molar-refractivity contribution >= 4 is 17.7 Å². The number of isocyanates is 1. The third-order valence-electron chi connectivity index (χ3n) is 5.39. The maximum atomic E-state index is 10.8. The summed E-state index contributed by atoms with van der Waals surface area (Å²) in [5.41, 5.74) is 1.95. The van der Waals surface area contributed by atoms with Crippen molar-refractivity contribution < 1.29 is 4.79 Å². The fourth-order valence-corrected chi connectivity index (χ4v) is 4.31. The van der Waals surface area contributed by atoms with Crippen molar-refractivity contribution in [3.05, 3.63) is 34.3 Å². The lowest BCUT2D eigenvalue weighted by Gasteiger charge is -2.30. The molecule has 118 valence electrons. The van der Waals surface area contributed by atoms with Gasteiger partial charge >= 0.3 is 0 Å². The second-order valence-corrected chi connectivity index (χ2v) is 7.16. The highest BCUT2D eigenvalue weighted by Crippen LogP contribution is 2.44. The maximum Gasteiger partial charge on any atom is 0.235 e. The molecule has 0 N–H and O–H groups in total. The molecule has 0 atom stereocenters. The van der Waals surface area contributed by atoms with Crippen molar-refractivity contribution in [2.24, 2.45) is 4.99 Å². The monoisotopic (exact) mass is 318 g/mol. The first kappa shape index (κ1) is 15.7. The zero-order valence-electron chi connectivity index (χ0n) is 13.1. The third kappa shape index (κ3) is 2.99. The second kappa shape index (κ2) is 6.54. The summed E-state index contributed by atoms with van der Waals surface area (Å²) in [4.78, 5) is 17.4. The van der Waals surface area contributed by atoms with E-state index in [1.54, 1.807) is 6.08 Å². The molecule has 0 amide bonds. The first-order valence-corrected chi connectivity index (χ1v) is 8.60. The summed E-state index contributed by atoms with van der Waals surface area (Å²) in [6, 6.07) is 6.33. The van der Waals surface area contributed by atoms with Crippen LogP contribution in [0.3, 0.4) is 0 Å². The van der Waals surface area contributed by atoms with Crippen LogP contribution >= 0.6 is 11.6 Å². The smallest absolute Gasteiger partial charge is 0.235 e. The van der Waals surface area contributed by atoms with Gasteiger partial charge in [0.15, 0.2) is 0 Å². The number of carbonyl (C=O) groups excluding carboxylic acids is 1. The standard InChI is InChI=1S/C18H23ClN2O/c1-21-10-6-14(7-11-21)16-5-4-15(12-17(16)19)18(20-13-22)8-2-3-9-18/h4-5,12,14H,2-3,6-11H2,1H3. The van der Waals surface area contributed by atoms with E-state index in [4.69, 9.17) is 11.6 Å². The summed E-state index contributed by atoms with van der Waals surface area (Å²) in [5, 5.41) is 0.833. The Morgan fingerprint density at radius 2 is 1.95 bits per heavy atom. The lowest BCUT2D eigenvalue weighted by Crippen LogP contribution is -2.29. The minimum Gasteiger partial charge on any atom is -0.306 e. The Balaban J connectivity index is 1.87. The van der Waals surface area contributed by atoms with E-state index in [1.165, 1.54) is 5.56 Å². The Bertz CT molecular complexity index is 581. The van der Waals surface area contributed by atoms with E-state index < -0.39 is 0 Å². The lowest BCUT2D eigenvalue weighted by molar-refractivity contribution is 0.255. The van der Waals surface area contributed by atoms with E-state index >= 15 is 0 Å². The number of hydrogen-bond acceptors (Lipinski definition) is 3. The highest BCUT2D eigenvalue weighted by Gasteiger charge is 2.36. The van der Waals surface area contributed by atoms with Crippen LogP contribution in [0.4, 0.5) is 0 Å². The summed E-state index contributed by atoms with van der Waals surface area (Å²) in [7, 11) is 2.17. The summed E-state index contributed by atoms with van der Waals surface area (Å²) in [6.45, 7) is 2.25. The van der Waals surface area contributed by atoms with E-state index in [0.717, 1.165) is 62.2 Å². The number of rotatable bonds is 3. The van der Waals surface area contributed by atoms with Gasteiger partial charge in [0, 0.05) is 5.02 Å². The quantitative estimate of drug-likeness (QED) is 0.616. The van der Waals surface area contributed by atoms with Crippen molar-refractivity contribution in [2.75, 3.05) is 20.1 Å². The molecule has 4 heteroatoms. The van der Waals surface area contributed by atoms with Crippen molar-refractivity contribution in [1.82, 2.24) is 4.90 Å². The average molecular weight is 319 g/mol. The van der Waals surface area contributed by atoms with Crippen LogP contribution in [0.5, 0.6) is 0 Å². The lowest BCUT2D eigenvalue weighted by atomic mass is 9.85. The Labute approximate surface area is 137 Å². The minimum atomic E-state index is -0.378. The number of piperidine rings is 1. The molecule has 1 saturated heterocycles. The molecule has 1 aliphatic carbocycles. The Hall–Kier alpha value is -1.15. The van der Waals surface area contributed by atoms with Crippen molar-refractivity contribution in [1.29, 1.82) is 0 Å². The first-order chi connectivity index (χ1) is 10.6. The summed E-state index contributed by atoms with van der Waals surface area (Å²) < 4.78 is 0. The molecule has 0 unspecified atom stereocenters. The number of aliphatic imine (C=N–C) groups is 1. The number of benzene rings is 1. The third-order valence-corrected chi connectivity index (χ3v) is 5.71. The molecular weight excluding hydrogens is 296 g/mol. The molecular formula is C18H23ClN2O. The van der Waals surface area contributed by atoms with Crippen molar-refractivity contribution in [3.8, 4) is 0 Å². The van der Waals surface area contributed by atoms with Gasteiger partial charge in [-0.2, -0.15) is 4.99 Å². The van der Waals surface area contributed by atoms with Gasteiger partial charge < -0.3 is 4.90 Å². The minimum absolute atomic E-state index is 0.378. The molecule has 0 bridgehead atoms. The van der Waals surface area contributed by atoms with E-state index in [2.05, 4.69) is 29.1 Å². The molecule has 0 aromatic heterocycles. The zero-order chi connectivity index (χ0) is 15.6.